The molecular weight excluding hydrogens is 703 g/mol. The topological polar surface area (TPSA) is 38.7 Å². The zero-order valence-electron chi connectivity index (χ0n) is 31.5. The number of nitrogens with zero attached hydrogens (tertiary/aromatic N) is 3. The maximum absolute atomic E-state index is 5.16. The molecule has 270 valence electrons. The summed E-state index contributed by atoms with van der Waals surface area (Å²) in [4.78, 5) is 15.4. The number of hydrogen-bond donors (Lipinski definition) is 0. The lowest BCUT2D eigenvalue weighted by molar-refractivity contribution is 1.08. The molecule has 10 aromatic carbocycles. The van der Waals surface area contributed by atoms with Gasteiger partial charge in [0.05, 0.1) is 0 Å². The molecule has 11 aromatic rings. The van der Waals surface area contributed by atoms with Crippen LogP contribution in [0.25, 0.3) is 111 Å². The van der Waals surface area contributed by atoms with Gasteiger partial charge in [0.1, 0.15) is 0 Å². The fraction of sp³-hybridized carbons (Fsp3) is 0. The summed E-state index contributed by atoms with van der Waals surface area (Å²) in [6.07, 6.45) is 0. The van der Waals surface area contributed by atoms with Crippen molar-refractivity contribution in [1.82, 2.24) is 15.0 Å². The summed E-state index contributed by atoms with van der Waals surface area (Å²) in [7, 11) is 0. The molecule has 0 atom stereocenters. The van der Waals surface area contributed by atoms with Crippen LogP contribution in [0.1, 0.15) is 0 Å². The van der Waals surface area contributed by atoms with Crippen LogP contribution in [0.4, 0.5) is 0 Å². The highest BCUT2D eigenvalue weighted by Gasteiger charge is 2.15. The van der Waals surface area contributed by atoms with Gasteiger partial charge in [-0.25, -0.2) is 15.0 Å². The van der Waals surface area contributed by atoms with E-state index in [1.807, 2.05) is 6.07 Å². The second kappa shape index (κ2) is 14.1. The van der Waals surface area contributed by atoms with Gasteiger partial charge < -0.3 is 0 Å². The molecule has 0 saturated heterocycles. The van der Waals surface area contributed by atoms with Gasteiger partial charge in [0, 0.05) is 16.7 Å². The molecule has 3 heteroatoms. The molecule has 0 radical (unpaired) electrons. The Morgan fingerprint density at radius 2 is 0.586 bits per heavy atom. The molecule has 0 spiro atoms. The zero-order valence-corrected chi connectivity index (χ0v) is 31.5. The summed E-state index contributed by atoms with van der Waals surface area (Å²) in [5, 5.41) is 9.54. The quantitative estimate of drug-likeness (QED) is 0.171. The number of rotatable bonds is 6. The summed E-state index contributed by atoms with van der Waals surface area (Å²) in [6, 6.07) is 75.5. The summed E-state index contributed by atoms with van der Waals surface area (Å²) in [5.74, 6) is 1.92. The predicted octanol–water partition coefficient (Wildman–Crippen LogP) is 14.5. The lowest BCUT2D eigenvalue weighted by Gasteiger charge is -2.12. The maximum Gasteiger partial charge on any atom is 0.164 e. The average Bonchev–Trinajstić information content (AvgIpc) is 3.30. The van der Waals surface area contributed by atoms with Crippen molar-refractivity contribution >= 4 is 43.1 Å². The van der Waals surface area contributed by atoms with Crippen LogP contribution < -0.4 is 0 Å². The molecule has 1 aromatic heterocycles. The number of fused-ring (bicyclic) bond motifs is 4. The molecule has 0 N–H and O–H groups in total. The third-order valence-electron chi connectivity index (χ3n) is 11.2. The molecule has 1 heterocycles. The summed E-state index contributed by atoms with van der Waals surface area (Å²) in [6.45, 7) is 0. The summed E-state index contributed by atoms with van der Waals surface area (Å²) >= 11 is 0. The largest absolute Gasteiger partial charge is 0.208 e. The molecule has 0 amide bonds. The molecule has 0 aliphatic heterocycles. The minimum Gasteiger partial charge on any atom is -0.208 e. The van der Waals surface area contributed by atoms with Crippen LogP contribution in [0.3, 0.4) is 0 Å². The van der Waals surface area contributed by atoms with Gasteiger partial charge in [-0.15, -0.1) is 0 Å². The Hall–Kier alpha value is -7.75. The van der Waals surface area contributed by atoms with Crippen LogP contribution in [0, 0.1) is 0 Å². The van der Waals surface area contributed by atoms with Crippen molar-refractivity contribution in [2.24, 2.45) is 0 Å². The third kappa shape index (κ3) is 6.25. The SMILES string of the molecule is c1ccc(-c2ccc3cc(-c4nc(-c5cccc(-c6ccc7cc(-c8cccc9ccccc89)ccc7c6)c5)nc(-c5ccc6ccccc6c5)n4)ccc3c2)cc1. The Labute approximate surface area is 336 Å². The van der Waals surface area contributed by atoms with Crippen molar-refractivity contribution in [2.75, 3.05) is 0 Å². The van der Waals surface area contributed by atoms with Crippen LogP contribution in [0.15, 0.2) is 212 Å². The van der Waals surface area contributed by atoms with E-state index >= 15 is 0 Å². The molecule has 0 saturated carbocycles. The van der Waals surface area contributed by atoms with E-state index in [-0.39, 0.29) is 0 Å². The highest BCUT2D eigenvalue weighted by Crippen LogP contribution is 2.35. The molecule has 0 aliphatic carbocycles. The van der Waals surface area contributed by atoms with Crippen molar-refractivity contribution in [1.29, 1.82) is 0 Å². The molecule has 0 aliphatic rings. The average molecular weight is 738 g/mol. The Morgan fingerprint density at radius 3 is 1.26 bits per heavy atom. The van der Waals surface area contributed by atoms with Crippen molar-refractivity contribution in [2.45, 2.75) is 0 Å². The predicted molar refractivity (Wildman–Crippen MR) is 242 cm³/mol. The van der Waals surface area contributed by atoms with Gasteiger partial charge >= 0.3 is 0 Å². The zero-order chi connectivity index (χ0) is 38.4. The van der Waals surface area contributed by atoms with Crippen LogP contribution in [-0.2, 0) is 0 Å². The van der Waals surface area contributed by atoms with Gasteiger partial charge in [-0.05, 0) is 113 Å². The van der Waals surface area contributed by atoms with E-state index in [9.17, 15) is 0 Å². The molecule has 0 fully saturated rings. The molecule has 11 rings (SSSR count). The lowest BCUT2D eigenvalue weighted by Crippen LogP contribution is -2.00. The summed E-state index contributed by atoms with van der Waals surface area (Å²) in [5.41, 5.74) is 9.93. The minimum atomic E-state index is 0.634. The second-order valence-electron chi connectivity index (χ2n) is 14.9. The van der Waals surface area contributed by atoms with Crippen molar-refractivity contribution in [3.63, 3.8) is 0 Å². The van der Waals surface area contributed by atoms with Gasteiger partial charge in [0.15, 0.2) is 17.5 Å². The van der Waals surface area contributed by atoms with Crippen molar-refractivity contribution in [3.05, 3.63) is 212 Å². The van der Waals surface area contributed by atoms with Crippen LogP contribution in [0.5, 0.6) is 0 Å². The Balaban J connectivity index is 0.986. The monoisotopic (exact) mass is 737 g/mol. The van der Waals surface area contributed by atoms with Gasteiger partial charge in [-0.3, -0.25) is 0 Å². The van der Waals surface area contributed by atoms with Crippen molar-refractivity contribution < 1.29 is 0 Å². The fourth-order valence-electron chi connectivity index (χ4n) is 8.19. The molecule has 0 unspecified atom stereocenters. The number of hydrogen-bond acceptors (Lipinski definition) is 3. The highest BCUT2D eigenvalue weighted by atomic mass is 15.0. The first kappa shape index (κ1) is 33.6. The Morgan fingerprint density at radius 1 is 0.207 bits per heavy atom. The number of benzene rings is 10. The highest BCUT2D eigenvalue weighted by molar-refractivity contribution is 6.00. The van der Waals surface area contributed by atoms with Crippen LogP contribution in [-0.4, -0.2) is 15.0 Å². The second-order valence-corrected chi connectivity index (χ2v) is 14.9. The van der Waals surface area contributed by atoms with Crippen LogP contribution in [0.2, 0.25) is 0 Å². The smallest absolute Gasteiger partial charge is 0.164 e. The van der Waals surface area contributed by atoms with Gasteiger partial charge in [0.25, 0.3) is 0 Å². The molecule has 3 nitrogen and oxygen atoms in total. The van der Waals surface area contributed by atoms with E-state index in [0.29, 0.717) is 17.5 Å². The first-order valence-corrected chi connectivity index (χ1v) is 19.7. The number of aromatic nitrogens is 3. The third-order valence-corrected chi connectivity index (χ3v) is 11.2. The normalized spacial score (nSPS) is 11.4. The van der Waals surface area contributed by atoms with E-state index in [0.717, 1.165) is 38.6 Å². The Bertz CT molecular complexity index is 3340. The first-order valence-electron chi connectivity index (χ1n) is 19.7. The van der Waals surface area contributed by atoms with Crippen LogP contribution >= 0.6 is 0 Å². The fourth-order valence-corrected chi connectivity index (χ4v) is 8.19. The van der Waals surface area contributed by atoms with Gasteiger partial charge in [-0.1, -0.05) is 176 Å². The van der Waals surface area contributed by atoms with E-state index in [2.05, 4.69) is 206 Å². The van der Waals surface area contributed by atoms with E-state index in [1.54, 1.807) is 0 Å². The van der Waals surface area contributed by atoms with E-state index in [4.69, 9.17) is 15.0 Å². The van der Waals surface area contributed by atoms with E-state index in [1.165, 1.54) is 54.6 Å². The Kier molecular flexibility index (Phi) is 8.15. The lowest BCUT2D eigenvalue weighted by atomic mass is 9.94. The van der Waals surface area contributed by atoms with Gasteiger partial charge in [-0.2, -0.15) is 0 Å². The molecule has 58 heavy (non-hydrogen) atoms. The first-order chi connectivity index (χ1) is 28.7. The molecular formula is C55H35N3. The van der Waals surface area contributed by atoms with Crippen molar-refractivity contribution in [3.8, 4) is 67.5 Å². The minimum absolute atomic E-state index is 0.634. The molecule has 0 bridgehead atoms. The maximum atomic E-state index is 5.16. The van der Waals surface area contributed by atoms with E-state index < -0.39 is 0 Å². The standard InChI is InChI=1S/C55H35N3/c1-2-10-36(11-3-1)41-21-22-46-35-50(29-26-44(46)30-41)55-57-53(56-54(58-55)49-28-20-37-12-4-5-14-39(37)33-49)48-17-8-16-40(34-48)42-23-24-45-32-47(27-25-43(45)31-42)52-19-9-15-38-13-6-7-18-51(38)52/h1-35H. The van der Waals surface area contributed by atoms with Gasteiger partial charge in [0.2, 0.25) is 0 Å². The summed E-state index contributed by atoms with van der Waals surface area (Å²) < 4.78 is 0.